The van der Waals surface area contributed by atoms with Crippen LogP contribution in [0, 0.1) is 12.3 Å². The van der Waals surface area contributed by atoms with Crippen LogP contribution in [0.15, 0.2) is 15.6 Å². The fourth-order valence-corrected chi connectivity index (χ4v) is 2.66. The van der Waals surface area contributed by atoms with Gasteiger partial charge in [-0.15, -0.1) is 0 Å². The molecule has 1 aromatic heterocycles. The van der Waals surface area contributed by atoms with E-state index in [2.05, 4.69) is 41.6 Å². The molecule has 0 spiro atoms. The van der Waals surface area contributed by atoms with E-state index in [1.807, 2.05) is 13.0 Å². The zero-order valence-corrected chi connectivity index (χ0v) is 13.6. The van der Waals surface area contributed by atoms with Crippen LogP contribution >= 0.6 is 0 Å². The number of guanidine groups is 1. The maximum atomic E-state index is 5.48. The van der Waals surface area contributed by atoms with Crippen molar-refractivity contribution < 1.29 is 9.26 Å². The smallest absolute Gasteiger partial charge is 0.191 e. The van der Waals surface area contributed by atoms with E-state index in [1.54, 1.807) is 7.11 Å². The molecule has 21 heavy (non-hydrogen) atoms. The van der Waals surface area contributed by atoms with Gasteiger partial charge in [0.2, 0.25) is 0 Å². The largest absolute Gasteiger partial charge is 0.381 e. The number of nitrogens with zero attached hydrogens (tertiary/aromatic N) is 2. The minimum atomic E-state index is 0.105. The van der Waals surface area contributed by atoms with Gasteiger partial charge in [0.25, 0.3) is 0 Å². The molecule has 6 heteroatoms. The number of methoxy groups -OCH3 is 1. The Kier molecular flexibility index (Phi) is 4.88. The van der Waals surface area contributed by atoms with Gasteiger partial charge in [-0.3, -0.25) is 0 Å². The molecule has 1 aliphatic rings. The topological polar surface area (TPSA) is 71.7 Å². The summed E-state index contributed by atoms with van der Waals surface area (Å²) in [6, 6.07) is 2.26. The molecular formula is C15H26N4O2. The van der Waals surface area contributed by atoms with Crippen LogP contribution in [-0.4, -0.2) is 36.9 Å². The van der Waals surface area contributed by atoms with Crippen molar-refractivity contribution in [3.63, 3.8) is 0 Å². The van der Waals surface area contributed by atoms with Crippen molar-refractivity contribution in [3.05, 3.63) is 17.5 Å². The standard InChI is InChI=1S/C15H26N4O2/c1-6-16-14(17-9-11-7-10(2)19-21-11)18-12-8-13(20-5)15(12,3)4/h7,12-13H,6,8-9H2,1-5H3,(H2,16,17,18). The van der Waals surface area contributed by atoms with E-state index in [4.69, 9.17) is 9.26 Å². The molecule has 6 nitrogen and oxygen atoms in total. The Bertz CT molecular complexity index is 496. The third kappa shape index (κ3) is 3.56. The lowest BCUT2D eigenvalue weighted by Gasteiger charge is -2.51. The molecule has 1 aromatic rings. The summed E-state index contributed by atoms with van der Waals surface area (Å²) in [6.45, 7) is 9.69. The summed E-state index contributed by atoms with van der Waals surface area (Å²) in [5, 5.41) is 10.6. The number of nitrogens with one attached hydrogen (secondary N) is 2. The van der Waals surface area contributed by atoms with Crippen LogP contribution in [0.5, 0.6) is 0 Å². The van der Waals surface area contributed by atoms with Crippen LogP contribution in [0.4, 0.5) is 0 Å². The fourth-order valence-electron chi connectivity index (χ4n) is 2.66. The second-order valence-corrected chi connectivity index (χ2v) is 6.11. The Morgan fingerprint density at radius 3 is 2.86 bits per heavy atom. The highest BCUT2D eigenvalue weighted by atomic mass is 16.5. The molecule has 1 heterocycles. The number of hydrogen-bond donors (Lipinski definition) is 2. The van der Waals surface area contributed by atoms with Crippen LogP contribution in [0.2, 0.25) is 0 Å². The fraction of sp³-hybridized carbons (Fsp3) is 0.733. The van der Waals surface area contributed by atoms with Crippen molar-refractivity contribution in [3.8, 4) is 0 Å². The molecule has 0 radical (unpaired) electrons. The van der Waals surface area contributed by atoms with Gasteiger partial charge in [0, 0.05) is 31.2 Å². The molecule has 2 N–H and O–H groups in total. The van der Waals surface area contributed by atoms with E-state index >= 15 is 0 Å². The molecule has 2 rings (SSSR count). The monoisotopic (exact) mass is 294 g/mol. The first kappa shape index (κ1) is 15.8. The number of aliphatic imine (C=N–C) groups is 1. The Morgan fingerprint density at radius 2 is 2.33 bits per heavy atom. The molecule has 2 unspecified atom stereocenters. The molecule has 0 bridgehead atoms. The maximum absolute atomic E-state index is 5.48. The third-order valence-electron chi connectivity index (χ3n) is 4.19. The van der Waals surface area contributed by atoms with Crippen LogP contribution in [0.25, 0.3) is 0 Å². The number of aryl methyl sites for hydroxylation is 1. The van der Waals surface area contributed by atoms with E-state index in [1.165, 1.54) is 0 Å². The summed E-state index contributed by atoms with van der Waals surface area (Å²) >= 11 is 0. The Hall–Kier alpha value is -1.56. The molecule has 0 saturated heterocycles. The van der Waals surface area contributed by atoms with Crippen molar-refractivity contribution in [1.82, 2.24) is 15.8 Å². The van der Waals surface area contributed by atoms with Gasteiger partial charge in [-0.05, 0) is 20.3 Å². The van der Waals surface area contributed by atoms with Gasteiger partial charge >= 0.3 is 0 Å². The zero-order valence-electron chi connectivity index (χ0n) is 13.6. The second-order valence-electron chi connectivity index (χ2n) is 6.11. The zero-order chi connectivity index (χ0) is 15.5. The summed E-state index contributed by atoms with van der Waals surface area (Å²) in [4.78, 5) is 4.56. The SMILES string of the molecule is CCNC(=NCc1cc(C)no1)NC1CC(OC)C1(C)C. The highest BCUT2D eigenvalue weighted by Gasteiger charge is 2.48. The van der Waals surface area contributed by atoms with E-state index < -0.39 is 0 Å². The van der Waals surface area contributed by atoms with Crippen molar-refractivity contribution in [1.29, 1.82) is 0 Å². The first-order chi connectivity index (χ1) is 9.97. The lowest BCUT2D eigenvalue weighted by atomic mass is 9.64. The van der Waals surface area contributed by atoms with Crippen LogP contribution in [0.1, 0.15) is 38.6 Å². The normalized spacial score (nSPS) is 24.5. The predicted molar refractivity (Wildman–Crippen MR) is 82.2 cm³/mol. The second kappa shape index (κ2) is 6.47. The predicted octanol–water partition coefficient (Wildman–Crippen LogP) is 1.85. The molecule has 0 aliphatic heterocycles. The minimum Gasteiger partial charge on any atom is -0.381 e. The Balaban J connectivity index is 1.96. The van der Waals surface area contributed by atoms with Gasteiger partial charge < -0.3 is 19.9 Å². The van der Waals surface area contributed by atoms with Crippen LogP contribution in [0.3, 0.4) is 0 Å². The highest BCUT2D eigenvalue weighted by molar-refractivity contribution is 5.80. The van der Waals surface area contributed by atoms with Crippen molar-refractivity contribution >= 4 is 5.96 Å². The van der Waals surface area contributed by atoms with Crippen LogP contribution in [-0.2, 0) is 11.3 Å². The summed E-state index contributed by atoms with van der Waals surface area (Å²) in [6.07, 6.45) is 1.30. The van der Waals surface area contributed by atoms with Gasteiger partial charge in [-0.1, -0.05) is 19.0 Å². The van der Waals surface area contributed by atoms with Gasteiger partial charge in [-0.2, -0.15) is 0 Å². The molecule has 1 aliphatic carbocycles. The number of ether oxygens (including phenoxy) is 1. The quantitative estimate of drug-likeness (QED) is 0.640. The van der Waals surface area contributed by atoms with E-state index in [0.29, 0.717) is 18.7 Å². The third-order valence-corrected chi connectivity index (χ3v) is 4.19. The van der Waals surface area contributed by atoms with Crippen LogP contribution < -0.4 is 10.6 Å². The van der Waals surface area contributed by atoms with Crippen molar-refractivity contribution in [2.24, 2.45) is 10.4 Å². The minimum absolute atomic E-state index is 0.105. The summed E-state index contributed by atoms with van der Waals surface area (Å²) in [5.74, 6) is 1.58. The van der Waals surface area contributed by atoms with Gasteiger partial charge in [0.05, 0.1) is 11.8 Å². The molecule has 1 saturated carbocycles. The van der Waals surface area contributed by atoms with Crippen molar-refractivity contribution in [2.45, 2.75) is 52.8 Å². The lowest BCUT2D eigenvalue weighted by molar-refractivity contribution is -0.0922. The average Bonchev–Trinajstić information content (AvgIpc) is 2.85. The molecule has 1 fully saturated rings. The van der Waals surface area contributed by atoms with Gasteiger partial charge in [0.1, 0.15) is 6.54 Å². The number of aromatic nitrogens is 1. The van der Waals surface area contributed by atoms with Gasteiger partial charge in [-0.25, -0.2) is 4.99 Å². The lowest BCUT2D eigenvalue weighted by Crippen LogP contribution is -2.63. The van der Waals surface area contributed by atoms with E-state index in [9.17, 15) is 0 Å². The Labute approximate surface area is 126 Å². The van der Waals surface area contributed by atoms with E-state index in [0.717, 1.165) is 30.4 Å². The molecule has 2 atom stereocenters. The average molecular weight is 294 g/mol. The first-order valence-corrected chi connectivity index (χ1v) is 7.47. The summed E-state index contributed by atoms with van der Waals surface area (Å²) < 4.78 is 10.7. The number of hydrogen-bond acceptors (Lipinski definition) is 4. The summed E-state index contributed by atoms with van der Waals surface area (Å²) in [7, 11) is 1.77. The number of rotatable bonds is 5. The molecule has 118 valence electrons. The van der Waals surface area contributed by atoms with Crippen molar-refractivity contribution in [2.75, 3.05) is 13.7 Å². The van der Waals surface area contributed by atoms with E-state index in [-0.39, 0.29) is 5.41 Å². The first-order valence-electron chi connectivity index (χ1n) is 7.47. The van der Waals surface area contributed by atoms with Gasteiger partial charge in [0.15, 0.2) is 11.7 Å². The maximum Gasteiger partial charge on any atom is 0.191 e. The molecule has 0 aromatic carbocycles. The Morgan fingerprint density at radius 1 is 1.57 bits per heavy atom. The summed E-state index contributed by atoms with van der Waals surface area (Å²) in [5.41, 5.74) is 0.981. The molecule has 0 amide bonds. The highest BCUT2D eigenvalue weighted by Crippen LogP contribution is 2.42. The molecular weight excluding hydrogens is 268 g/mol.